The molecule has 0 saturated heterocycles. The van der Waals surface area contributed by atoms with E-state index in [-0.39, 0.29) is 12.5 Å². The molecule has 2 aromatic rings. The van der Waals surface area contributed by atoms with Crippen LogP contribution in [-0.2, 0) is 20.6 Å². The Kier molecular flexibility index (Phi) is 8.22. The molecule has 0 atom stereocenters. The monoisotopic (exact) mass is 440 g/mol. The first-order chi connectivity index (χ1) is 13.2. The van der Waals surface area contributed by atoms with E-state index in [0.29, 0.717) is 17.3 Å². The molecule has 0 aromatic heterocycles. The third-order valence-corrected chi connectivity index (χ3v) is 6.67. The highest BCUT2D eigenvalue weighted by Crippen LogP contribution is 2.24. The summed E-state index contributed by atoms with van der Waals surface area (Å²) in [5.41, 5.74) is 3.68. The van der Waals surface area contributed by atoms with Gasteiger partial charge in [-0.05, 0) is 37.1 Å². The summed E-state index contributed by atoms with van der Waals surface area (Å²) in [5, 5.41) is 3.23. The summed E-state index contributed by atoms with van der Waals surface area (Å²) in [6.45, 7) is 4.08. The number of hydrogen-bond donors (Lipinski definition) is 1. The van der Waals surface area contributed by atoms with Crippen LogP contribution in [0.25, 0.3) is 0 Å². The van der Waals surface area contributed by atoms with Crippen molar-refractivity contribution in [3.05, 3.63) is 64.2 Å². The van der Waals surface area contributed by atoms with Crippen LogP contribution in [-0.4, -0.2) is 39.4 Å². The number of sulfonamides is 1. The lowest BCUT2D eigenvalue weighted by molar-refractivity contribution is -0.119. The number of anilines is 1. The number of nitrogens with zero attached hydrogens (tertiary/aromatic N) is 1. The lowest BCUT2D eigenvalue weighted by atomic mass is 10.2. The van der Waals surface area contributed by atoms with Crippen molar-refractivity contribution in [1.82, 2.24) is 5.32 Å². The van der Waals surface area contributed by atoms with Crippen LogP contribution in [0.15, 0.2) is 42.5 Å². The van der Waals surface area contributed by atoms with E-state index >= 15 is 0 Å². The Bertz CT molecular complexity index is 916. The van der Waals surface area contributed by atoms with Crippen molar-refractivity contribution in [2.24, 2.45) is 0 Å². The molecule has 2 rings (SSSR count). The molecule has 0 fully saturated rings. The zero-order chi connectivity index (χ0) is 20.7. The molecule has 1 amide bonds. The summed E-state index contributed by atoms with van der Waals surface area (Å²) < 4.78 is 25.3. The Labute approximate surface area is 176 Å². The van der Waals surface area contributed by atoms with Crippen LogP contribution in [0.5, 0.6) is 0 Å². The van der Waals surface area contributed by atoms with Crippen molar-refractivity contribution in [3.63, 3.8) is 0 Å². The third kappa shape index (κ3) is 7.04. The van der Waals surface area contributed by atoms with Crippen LogP contribution in [0.1, 0.15) is 16.7 Å². The highest BCUT2D eigenvalue weighted by atomic mass is 35.5. The highest BCUT2D eigenvalue weighted by Gasteiger charge is 2.21. The fourth-order valence-corrected chi connectivity index (χ4v) is 4.30. The molecule has 5 nitrogen and oxygen atoms in total. The first-order valence-corrected chi connectivity index (χ1v) is 12.2. The van der Waals surface area contributed by atoms with Crippen molar-refractivity contribution in [1.29, 1.82) is 0 Å². The van der Waals surface area contributed by atoms with Gasteiger partial charge in [0.05, 0.1) is 11.9 Å². The number of carbonyl (C=O) groups excluding carboxylic acids is 1. The molecule has 2 aromatic carbocycles. The van der Waals surface area contributed by atoms with Crippen molar-refractivity contribution in [3.8, 4) is 0 Å². The van der Waals surface area contributed by atoms with Gasteiger partial charge in [-0.1, -0.05) is 47.5 Å². The van der Waals surface area contributed by atoms with E-state index < -0.39 is 10.0 Å². The largest absolute Gasteiger partial charge is 0.354 e. The van der Waals surface area contributed by atoms with Gasteiger partial charge in [-0.15, -0.1) is 0 Å². The fraction of sp³-hybridized carbons (Fsp3) is 0.350. The van der Waals surface area contributed by atoms with Gasteiger partial charge in [-0.3, -0.25) is 9.10 Å². The molecule has 0 aliphatic carbocycles. The maximum absolute atomic E-state index is 12.2. The number of amides is 1. The SMILES string of the molecule is Cc1ccc(CSCCNC(=O)CN(c2ccc(C)c(Cl)c2)S(C)(=O)=O)cc1. The normalized spacial score (nSPS) is 11.3. The second-order valence-corrected chi connectivity index (χ2v) is 10.0. The van der Waals surface area contributed by atoms with Gasteiger partial charge >= 0.3 is 0 Å². The molecule has 0 saturated carbocycles. The van der Waals surface area contributed by atoms with E-state index in [9.17, 15) is 13.2 Å². The third-order valence-electron chi connectivity index (χ3n) is 4.09. The Morgan fingerprint density at radius 3 is 2.43 bits per heavy atom. The van der Waals surface area contributed by atoms with Gasteiger partial charge in [0.1, 0.15) is 6.54 Å². The van der Waals surface area contributed by atoms with Gasteiger partial charge in [-0.25, -0.2) is 8.42 Å². The number of nitrogens with one attached hydrogen (secondary N) is 1. The van der Waals surface area contributed by atoms with Crippen LogP contribution < -0.4 is 9.62 Å². The molecule has 0 spiro atoms. The van der Waals surface area contributed by atoms with E-state index in [2.05, 4.69) is 36.5 Å². The van der Waals surface area contributed by atoms with Crippen LogP contribution in [0.2, 0.25) is 5.02 Å². The van der Waals surface area contributed by atoms with Gasteiger partial charge < -0.3 is 5.32 Å². The van der Waals surface area contributed by atoms with Gasteiger partial charge in [0.15, 0.2) is 0 Å². The first kappa shape index (κ1) is 22.6. The number of benzene rings is 2. The number of thioether (sulfide) groups is 1. The Morgan fingerprint density at radius 2 is 1.82 bits per heavy atom. The molecule has 152 valence electrons. The van der Waals surface area contributed by atoms with E-state index in [0.717, 1.165) is 27.6 Å². The number of carbonyl (C=O) groups is 1. The molecule has 0 aliphatic heterocycles. The van der Waals surface area contributed by atoms with Crippen molar-refractivity contribution >= 4 is 45.0 Å². The Balaban J connectivity index is 1.84. The molecule has 1 N–H and O–H groups in total. The van der Waals surface area contributed by atoms with Crippen molar-refractivity contribution < 1.29 is 13.2 Å². The van der Waals surface area contributed by atoms with Crippen molar-refractivity contribution in [2.75, 3.05) is 29.4 Å². The van der Waals surface area contributed by atoms with Gasteiger partial charge in [-0.2, -0.15) is 11.8 Å². The highest BCUT2D eigenvalue weighted by molar-refractivity contribution is 7.98. The van der Waals surface area contributed by atoms with E-state index in [1.165, 1.54) is 11.1 Å². The summed E-state index contributed by atoms with van der Waals surface area (Å²) in [4.78, 5) is 12.2. The Morgan fingerprint density at radius 1 is 1.14 bits per heavy atom. The molecular formula is C20H25ClN2O3S2. The maximum Gasteiger partial charge on any atom is 0.240 e. The van der Waals surface area contributed by atoms with E-state index in [1.807, 2.05) is 6.92 Å². The summed E-state index contributed by atoms with van der Waals surface area (Å²) in [6.07, 6.45) is 1.07. The second kappa shape index (κ2) is 10.2. The van der Waals surface area contributed by atoms with E-state index in [4.69, 9.17) is 11.6 Å². The standard InChI is InChI=1S/C20H25ClN2O3S2/c1-15-4-7-17(8-5-15)14-27-11-10-22-20(24)13-23(28(3,25)26)18-9-6-16(2)19(21)12-18/h4-9,12H,10-11,13-14H2,1-3H3,(H,22,24). The van der Waals surface area contributed by atoms with Crippen LogP contribution in [0, 0.1) is 13.8 Å². The minimum Gasteiger partial charge on any atom is -0.354 e. The van der Waals surface area contributed by atoms with Crippen molar-refractivity contribution in [2.45, 2.75) is 19.6 Å². The number of halogens is 1. The smallest absolute Gasteiger partial charge is 0.240 e. The molecule has 28 heavy (non-hydrogen) atoms. The molecule has 8 heteroatoms. The lowest BCUT2D eigenvalue weighted by Crippen LogP contribution is -2.41. The predicted molar refractivity (Wildman–Crippen MR) is 119 cm³/mol. The average Bonchev–Trinajstić information content (AvgIpc) is 2.62. The first-order valence-electron chi connectivity index (χ1n) is 8.80. The summed E-state index contributed by atoms with van der Waals surface area (Å²) in [6, 6.07) is 13.3. The summed E-state index contributed by atoms with van der Waals surface area (Å²) in [7, 11) is -3.61. The minimum atomic E-state index is -3.61. The minimum absolute atomic E-state index is 0.277. The average molecular weight is 441 g/mol. The van der Waals surface area contributed by atoms with Gasteiger partial charge in [0.25, 0.3) is 0 Å². The lowest BCUT2D eigenvalue weighted by Gasteiger charge is -2.22. The molecular weight excluding hydrogens is 416 g/mol. The number of hydrogen-bond acceptors (Lipinski definition) is 4. The van der Waals surface area contributed by atoms with Crippen LogP contribution in [0.4, 0.5) is 5.69 Å². The maximum atomic E-state index is 12.2. The van der Waals surface area contributed by atoms with E-state index in [1.54, 1.807) is 30.0 Å². The molecule has 0 radical (unpaired) electrons. The zero-order valence-electron chi connectivity index (χ0n) is 16.2. The van der Waals surface area contributed by atoms with Crippen LogP contribution >= 0.6 is 23.4 Å². The molecule has 0 heterocycles. The van der Waals surface area contributed by atoms with Gasteiger partial charge in [0.2, 0.25) is 15.9 Å². The topological polar surface area (TPSA) is 66.5 Å². The second-order valence-electron chi connectivity index (χ2n) is 6.59. The predicted octanol–water partition coefficient (Wildman–Crippen LogP) is 3.77. The van der Waals surface area contributed by atoms with Crippen LogP contribution in [0.3, 0.4) is 0 Å². The zero-order valence-corrected chi connectivity index (χ0v) is 18.6. The molecule has 0 unspecified atom stereocenters. The summed E-state index contributed by atoms with van der Waals surface area (Å²) >= 11 is 7.81. The molecule has 0 bridgehead atoms. The molecule has 0 aliphatic rings. The van der Waals surface area contributed by atoms with Gasteiger partial charge in [0, 0.05) is 23.1 Å². The quantitative estimate of drug-likeness (QED) is 0.602. The number of aryl methyl sites for hydroxylation is 2. The number of rotatable bonds is 9. The summed E-state index contributed by atoms with van der Waals surface area (Å²) in [5.74, 6) is 1.26. The Hall–Kier alpha value is -1.70. The fourth-order valence-electron chi connectivity index (χ4n) is 2.46.